The molecule has 0 unspecified atom stereocenters. The number of carbonyl (C=O) groups is 2. The number of halogens is 1. The summed E-state index contributed by atoms with van der Waals surface area (Å²) in [7, 11) is 0. The second-order valence-corrected chi connectivity index (χ2v) is 3.50. The minimum Gasteiger partial charge on any atom is -0.465 e. The van der Waals surface area contributed by atoms with E-state index >= 15 is 0 Å². The molecule has 1 aromatic carbocycles. The minimum absolute atomic E-state index is 0.0629. The molecule has 86 valence electrons. The van der Waals surface area contributed by atoms with Crippen molar-refractivity contribution in [3.8, 4) is 0 Å². The average Bonchev–Trinajstić information content (AvgIpc) is 2.31. The van der Waals surface area contributed by atoms with E-state index in [-0.39, 0.29) is 18.3 Å². The Bertz CT molecular complexity index is 362. The number of esters is 1. The van der Waals surface area contributed by atoms with E-state index in [2.05, 4.69) is 0 Å². The maximum atomic E-state index is 11.9. The first-order chi connectivity index (χ1) is 7.70. The normalized spacial score (nSPS) is 11.9. The molecule has 0 fully saturated rings. The standard InChI is InChI=1S/C12H13ClO3/c1-2-16-12(15)10(8-13)11(14)9-6-4-3-5-7-9/h3-7,10H,2,8H2,1H3/t10-/m0/s1. The second kappa shape index (κ2) is 6.28. The van der Waals surface area contributed by atoms with Gasteiger partial charge in [0.05, 0.1) is 6.61 Å². The summed E-state index contributed by atoms with van der Waals surface area (Å²) in [6, 6.07) is 8.59. The van der Waals surface area contributed by atoms with Crippen LogP contribution in [-0.4, -0.2) is 24.2 Å². The van der Waals surface area contributed by atoms with E-state index in [4.69, 9.17) is 16.3 Å². The number of hydrogen-bond donors (Lipinski definition) is 0. The van der Waals surface area contributed by atoms with Gasteiger partial charge >= 0.3 is 5.97 Å². The van der Waals surface area contributed by atoms with Crippen molar-refractivity contribution in [2.24, 2.45) is 5.92 Å². The molecule has 0 N–H and O–H groups in total. The van der Waals surface area contributed by atoms with Crippen molar-refractivity contribution in [3.63, 3.8) is 0 Å². The Morgan fingerprint density at radius 3 is 2.44 bits per heavy atom. The van der Waals surface area contributed by atoms with Gasteiger partial charge in [-0.3, -0.25) is 9.59 Å². The molecule has 0 aliphatic carbocycles. The summed E-state index contributed by atoms with van der Waals surface area (Å²) in [6.07, 6.45) is 0. The van der Waals surface area contributed by atoms with Crippen LogP contribution in [0.2, 0.25) is 0 Å². The Morgan fingerprint density at radius 1 is 1.31 bits per heavy atom. The molecule has 0 heterocycles. The fourth-order valence-electron chi connectivity index (χ4n) is 1.29. The van der Waals surface area contributed by atoms with Crippen LogP contribution >= 0.6 is 11.6 Å². The smallest absolute Gasteiger partial charge is 0.318 e. The van der Waals surface area contributed by atoms with E-state index in [1.54, 1.807) is 37.3 Å². The van der Waals surface area contributed by atoms with Crippen LogP contribution in [0.4, 0.5) is 0 Å². The molecule has 0 aliphatic heterocycles. The van der Waals surface area contributed by atoms with E-state index in [1.807, 2.05) is 0 Å². The fourth-order valence-corrected chi connectivity index (χ4v) is 1.55. The molecule has 0 amide bonds. The largest absolute Gasteiger partial charge is 0.465 e. The number of benzene rings is 1. The summed E-state index contributed by atoms with van der Waals surface area (Å²) in [6.45, 7) is 1.93. The third-order valence-electron chi connectivity index (χ3n) is 2.10. The van der Waals surface area contributed by atoms with Crippen molar-refractivity contribution in [2.45, 2.75) is 6.92 Å². The van der Waals surface area contributed by atoms with Gasteiger partial charge in [0.1, 0.15) is 5.92 Å². The molecule has 0 bridgehead atoms. The van der Waals surface area contributed by atoms with Crippen LogP contribution < -0.4 is 0 Å². The van der Waals surface area contributed by atoms with Crippen LogP contribution in [0.15, 0.2) is 30.3 Å². The topological polar surface area (TPSA) is 43.4 Å². The summed E-state index contributed by atoms with van der Waals surface area (Å²) in [5.74, 6) is -1.84. The molecule has 0 radical (unpaired) electrons. The zero-order chi connectivity index (χ0) is 12.0. The van der Waals surface area contributed by atoms with Crippen molar-refractivity contribution in [2.75, 3.05) is 12.5 Å². The average molecular weight is 241 g/mol. The van der Waals surface area contributed by atoms with Crippen molar-refractivity contribution >= 4 is 23.4 Å². The van der Waals surface area contributed by atoms with Crippen LogP contribution in [0.5, 0.6) is 0 Å². The van der Waals surface area contributed by atoms with Crippen LogP contribution in [0.3, 0.4) is 0 Å². The molecule has 1 atom stereocenters. The Balaban J connectivity index is 2.82. The molecule has 0 aromatic heterocycles. The highest BCUT2D eigenvalue weighted by molar-refractivity contribution is 6.23. The van der Waals surface area contributed by atoms with Crippen molar-refractivity contribution in [3.05, 3.63) is 35.9 Å². The molecule has 0 spiro atoms. The summed E-state index contributed by atoms with van der Waals surface area (Å²) in [5.41, 5.74) is 0.473. The number of ketones is 1. The first-order valence-electron chi connectivity index (χ1n) is 5.02. The molecule has 0 saturated heterocycles. The van der Waals surface area contributed by atoms with Gasteiger partial charge < -0.3 is 4.74 Å². The third kappa shape index (κ3) is 3.07. The lowest BCUT2D eigenvalue weighted by Crippen LogP contribution is -2.27. The monoisotopic (exact) mass is 240 g/mol. The summed E-state index contributed by atoms with van der Waals surface area (Å²) >= 11 is 5.62. The van der Waals surface area contributed by atoms with Gasteiger partial charge in [0.15, 0.2) is 5.78 Å². The van der Waals surface area contributed by atoms with Gasteiger partial charge in [-0.15, -0.1) is 11.6 Å². The van der Waals surface area contributed by atoms with Crippen molar-refractivity contribution in [1.29, 1.82) is 0 Å². The van der Waals surface area contributed by atoms with E-state index in [1.165, 1.54) is 0 Å². The van der Waals surface area contributed by atoms with Gasteiger partial charge in [-0.05, 0) is 6.92 Å². The van der Waals surface area contributed by atoms with E-state index in [9.17, 15) is 9.59 Å². The molecular weight excluding hydrogens is 228 g/mol. The van der Waals surface area contributed by atoms with Crippen LogP contribution in [0.25, 0.3) is 0 Å². The van der Waals surface area contributed by atoms with E-state index < -0.39 is 11.9 Å². The first-order valence-corrected chi connectivity index (χ1v) is 5.56. The van der Waals surface area contributed by atoms with Gasteiger partial charge in [-0.1, -0.05) is 30.3 Å². The number of alkyl halides is 1. The molecule has 3 nitrogen and oxygen atoms in total. The van der Waals surface area contributed by atoms with Gasteiger partial charge in [0, 0.05) is 11.4 Å². The molecule has 1 rings (SSSR count). The number of rotatable bonds is 5. The Labute approximate surface area is 99.4 Å². The Kier molecular flexibility index (Phi) is 4.99. The number of ether oxygens (including phenoxy) is 1. The molecule has 1 aromatic rings. The predicted molar refractivity (Wildman–Crippen MR) is 61.6 cm³/mol. The maximum Gasteiger partial charge on any atom is 0.318 e. The number of Topliss-reactive ketones (excluding diaryl/α,β-unsaturated/α-hetero) is 1. The van der Waals surface area contributed by atoms with Crippen LogP contribution in [-0.2, 0) is 9.53 Å². The lowest BCUT2D eigenvalue weighted by atomic mass is 9.99. The predicted octanol–water partition coefficient (Wildman–Crippen LogP) is 2.29. The maximum absolute atomic E-state index is 11.9. The highest BCUT2D eigenvalue weighted by Crippen LogP contribution is 2.12. The van der Waals surface area contributed by atoms with E-state index in [0.29, 0.717) is 5.56 Å². The molecular formula is C12H13ClO3. The Hall–Kier alpha value is -1.35. The SMILES string of the molecule is CCOC(=O)[C@@H](CCl)C(=O)c1ccccc1. The van der Waals surface area contributed by atoms with Gasteiger partial charge in [-0.25, -0.2) is 0 Å². The third-order valence-corrected chi connectivity index (χ3v) is 2.41. The molecule has 0 aliphatic rings. The zero-order valence-electron chi connectivity index (χ0n) is 8.98. The lowest BCUT2D eigenvalue weighted by Gasteiger charge is -2.11. The quantitative estimate of drug-likeness (QED) is 0.343. The zero-order valence-corrected chi connectivity index (χ0v) is 9.74. The van der Waals surface area contributed by atoms with Gasteiger partial charge in [-0.2, -0.15) is 0 Å². The fraction of sp³-hybridized carbons (Fsp3) is 0.333. The number of hydrogen-bond acceptors (Lipinski definition) is 3. The van der Waals surface area contributed by atoms with Gasteiger partial charge in [0.25, 0.3) is 0 Å². The van der Waals surface area contributed by atoms with Crippen LogP contribution in [0, 0.1) is 5.92 Å². The molecule has 0 saturated carbocycles. The molecule has 4 heteroatoms. The Morgan fingerprint density at radius 2 is 1.94 bits per heavy atom. The first kappa shape index (κ1) is 12.7. The van der Waals surface area contributed by atoms with E-state index in [0.717, 1.165) is 0 Å². The molecule has 16 heavy (non-hydrogen) atoms. The highest BCUT2D eigenvalue weighted by Gasteiger charge is 2.27. The minimum atomic E-state index is -0.913. The summed E-state index contributed by atoms with van der Waals surface area (Å²) in [5, 5.41) is 0. The summed E-state index contributed by atoms with van der Waals surface area (Å²) < 4.78 is 4.79. The van der Waals surface area contributed by atoms with Crippen LogP contribution in [0.1, 0.15) is 17.3 Å². The summed E-state index contributed by atoms with van der Waals surface area (Å²) in [4.78, 5) is 23.4. The second-order valence-electron chi connectivity index (χ2n) is 3.19. The number of carbonyl (C=O) groups excluding carboxylic acids is 2. The van der Waals surface area contributed by atoms with Crippen molar-refractivity contribution < 1.29 is 14.3 Å². The van der Waals surface area contributed by atoms with Crippen molar-refractivity contribution in [1.82, 2.24) is 0 Å². The highest BCUT2D eigenvalue weighted by atomic mass is 35.5. The van der Waals surface area contributed by atoms with Gasteiger partial charge in [0.2, 0.25) is 0 Å². The lowest BCUT2D eigenvalue weighted by molar-refractivity contribution is -0.145.